The van der Waals surface area contributed by atoms with Crippen LogP contribution in [0.15, 0.2) is 12.3 Å². The van der Waals surface area contributed by atoms with E-state index in [-0.39, 0.29) is 5.41 Å². The van der Waals surface area contributed by atoms with E-state index in [1.807, 2.05) is 13.8 Å². The molecule has 1 heterocycles. The summed E-state index contributed by atoms with van der Waals surface area (Å²) in [6.07, 6.45) is 0.767. The Morgan fingerprint density at radius 1 is 1.50 bits per heavy atom. The zero-order valence-corrected chi connectivity index (χ0v) is 9.14. The Bertz CT molecular complexity index is 244. The van der Waals surface area contributed by atoms with Crippen LogP contribution < -0.4 is 5.32 Å². The van der Waals surface area contributed by atoms with Crippen molar-refractivity contribution < 1.29 is 0 Å². The maximum atomic E-state index is 8.92. The van der Waals surface area contributed by atoms with Gasteiger partial charge >= 0.3 is 0 Å². The Morgan fingerprint density at radius 3 is 2.57 bits per heavy atom. The van der Waals surface area contributed by atoms with Crippen molar-refractivity contribution in [2.75, 3.05) is 26.2 Å². The molecule has 0 spiro atoms. The fourth-order valence-electron chi connectivity index (χ4n) is 1.64. The summed E-state index contributed by atoms with van der Waals surface area (Å²) < 4.78 is 0. The number of nitriles is 1. The van der Waals surface area contributed by atoms with Gasteiger partial charge in [-0.05, 0) is 13.8 Å². The summed E-state index contributed by atoms with van der Waals surface area (Å²) in [7, 11) is 0. The van der Waals surface area contributed by atoms with E-state index < -0.39 is 0 Å². The molecule has 3 heteroatoms. The second-order valence-corrected chi connectivity index (χ2v) is 4.48. The molecule has 1 N–H and O–H groups in total. The van der Waals surface area contributed by atoms with Gasteiger partial charge in [-0.3, -0.25) is 0 Å². The zero-order chi connectivity index (χ0) is 10.6. The van der Waals surface area contributed by atoms with Crippen molar-refractivity contribution in [2.24, 2.45) is 5.41 Å². The number of nitrogens with zero attached hydrogens (tertiary/aromatic N) is 2. The maximum absolute atomic E-state index is 8.92. The molecule has 0 aliphatic carbocycles. The van der Waals surface area contributed by atoms with Crippen molar-refractivity contribution in [2.45, 2.75) is 20.3 Å². The third-order valence-electron chi connectivity index (χ3n) is 2.51. The lowest BCUT2D eigenvalue weighted by Crippen LogP contribution is -2.43. The number of hydrogen-bond donors (Lipinski definition) is 1. The lowest BCUT2D eigenvalue weighted by atomic mass is 9.89. The van der Waals surface area contributed by atoms with Crippen LogP contribution in [0.5, 0.6) is 0 Å². The van der Waals surface area contributed by atoms with Gasteiger partial charge in [-0.2, -0.15) is 5.26 Å². The van der Waals surface area contributed by atoms with E-state index in [1.165, 1.54) is 0 Å². The van der Waals surface area contributed by atoms with Gasteiger partial charge in [0, 0.05) is 38.3 Å². The Labute approximate surface area is 86.4 Å². The number of hydrogen-bond acceptors (Lipinski definition) is 3. The molecule has 3 nitrogen and oxygen atoms in total. The number of nitrogens with one attached hydrogen (secondary N) is 1. The molecule has 14 heavy (non-hydrogen) atoms. The molecular weight excluding hydrogens is 174 g/mol. The molecule has 1 rings (SSSR count). The largest absolute Gasteiger partial charge is 0.373 e. The third-order valence-corrected chi connectivity index (χ3v) is 2.51. The van der Waals surface area contributed by atoms with Gasteiger partial charge in [-0.25, -0.2) is 0 Å². The predicted molar refractivity (Wildman–Crippen MR) is 57.6 cm³/mol. The first-order valence-electron chi connectivity index (χ1n) is 5.10. The van der Waals surface area contributed by atoms with Crippen molar-refractivity contribution >= 4 is 0 Å². The van der Waals surface area contributed by atoms with Gasteiger partial charge in [0.25, 0.3) is 0 Å². The smallest absolute Gasteiger partial charge is 0.0687 e. The molecule has 1 aliphatic rings. The van der Waals surface area contributed by atoms with Gasteiger partial charge < -0.3 is 10.2 Å². The minimum Gasteiger partial charge on any atom is -0.373 e. The van der Waals surface area contributed by atoms with Crippen LogP contribution in [0, 0.1) is 16.7 Å². The van der Waals surface area contributed by atoms with Crippen LogP contribution in [0.4, 0.5) is 0 Å². The van der Waals surface area contributed by atoms with Crippen LogP contribution >= 0.6 is 0 Å². The lowest BCUT2D eigenvalue weighted by Gasteiger charge is -2.33. The highest BCUT2D eigenvalue weighted by atomic mass is 15.2. The van der Waals surface area contributed by atoms with E-state index in [2.05, 4.69) is 22.9 Å². The van der Waals surface area contributed by atoms with Crippen LogP contribution in [0.25, 0.3) is 0 Å². The fraction of sp³-hybridized carbons (Fsp3) is 0.727. The van der Waals surface area contributed by atoms with Crippen molar-refractivity contribution in [3.05, 3.63) is 12.3 Å². The highest BCUT2D eigenvalue weighted by Crippen LogP contribution is 2.25. The molecule has 0 saturated carbocycles. The molecule has 0 atom stereocenters. The van der Waals surface area contributed by atoms with Crippen LogP contribution in [-0.2, 0) is 0 Å². The fourth-order valence-corrected chi connectivity index (χ4v) is 1.64. The van der Waals surface area contributed by atoms with E-state index in [0.29, 0.717) is 0 Å². The summed E-state index contributed by atoms with van der Waals surface area (Å²) in [6, 6.07) is 2.31. The van der Waals surface area contributed by atoms with Gasteiger partial charge in [-0.1, -0.05) is 6.58 Å². The summed E-state index contributed by atoms with van der Waals surface area (Å²) in [6.45, 7) is 12.0. The number of piperazine rings is 1. The quantitative estimate of drug-likeness (QED) is 0.735. The Morgan fingerprint density at radius 2 is 2.07 bits per heavy atom. The molecule has 0 aromatic heterocycles. The molecule has 0 amide bonds. The predicted octanol–water partition coefficient (Wildman–Crippen LogP) is 1.35. The average molecular weight is 193 g/mol. The molecule has 1 fully saturated rings. The maximum Gasteiger partial charge on any atom is 0.0687 e. The second-order valence-electron chi connectivity index (χ2n) is 4.48. The van der Waals surface area contributed by atoms with E-state index in [9.17, 15) is 0 Å². The average Bonchev–Trinajstić information content (AvgIpc) is 2.19. The highest BCUT2D eigenvalue weighted by Gasteiger charge is 2.21. The van der Waals surface area contributed by atoms with Gasteiger partial charge in [0.05, 0.1) is 11.5 Å². The van der Waals surface area contributed by atoms with Gasteiger partial charge in [0.15, 0.2) is 0 Å². The first-order chi connectivity index (χ1) is 6.55. The molecule has 0 radical (unpaired) electrons. The molecule has 1 saturated heterocycles. The van der Waals surface area contributed by atoms with Gasteiger partial charge in [-0.15, -0.1) is 0 Å². The van der Waals surface area contributed by atoms with Crippen molar-refractivity contribution in [3.63, 3.8) is 0 Å². The summed E-state index contributed by atoms with van der Waals surface area (Å²) in [4.78, 5) is 2.27. The monoisotopic (exact) mass is 193 g/mol. The van der Waals surface area contributed by atoms with E-state index in [4.69, 9.17) is 5.26 Å². The molecule has 0 bridgehead atoms. The first-order valence-corrected chi connectivity index (χ1v) is 5.10. The van der Waals surface area contributed by atoms with Crippen LogP contribution in [0.2, 0.25) is 0 Å². The molecular formula is C11H19N3. The van der Waals surface area contributed by atoms with Crippen molar-refractivity contribution in [3.8, 4) is 6.07 Å². The van der Waals surface area contributed by atoms with Crippen LogP contribution in [0.3, 0.4) is 0 Å². The minimum atomic E-state index is -0.290. The summed E-state index contributed by atoms with van der Waals surface area (Å²) in [5, 5.41) is 12.2. The lowest BCUT2D eigenvalue weighted by molar-refractivity contribution is 0.273. The standard InChI is InChI=1S/C11H19N3/c1-10(8-11(2,3)9-12)14-6-4-13-5-7-14/h13H,1,4-8H2,2-3H3. The van der Waals surface area contributed by atoms with E-state index in [0.717, 1.165) is 38.3 Å². The first kappa shape index (κ1) is 11.1. The molecule has 0 aromatic rings. The SMILES string of the molecule is C=C(CC(C)(C)C#N)N1CCNCC1. The van der Waals surface area contributed by atoms with Crippen molar-refractivity contribution in [1.29, 1.82) is 5.26 Å². The molecule has 0 aromatic carbocycles. The van der Waals surface area contributed by atoms with Gasteiger partial charge in [0.2, 0.25) is 0 Å². The number of rotatable bonds is 3. The Balaban J connectivity index is 2.45. The minimum absolute atomic E-state index is 0.290. The Kier molecular flexibility index (Phi) is 3.54. The van der Waals surface area contributed by atoms with Gasteiger partial charge in [0.1, 0.15) is 0 Å². The van der Waals surface area contributed by atoms with E-state index in [1.54, 1.807) is 0 Å². The molecule has 0 unspecified atom stereocenters. The Hall–Kier alpha value is -1.01. The molecule has 78 valence electrons. The van der Waals surface area contributed by atoms with Crippen LogP contribution in [0.1, 0.15) is 20.3 Å². The molecule has 1 aliphatic heterocycles. The highest BCUT2D eigenvalue weighted by molar-refractivity contribution is 5.05. The van der Waals surface area contributed by atoms with E-state index >= 15 is 0 Å². The van der Waals surface area contributed by atoms with Crippen LogP contribution in [-0.4, -0.2) is 31.1 Å². The summed E-state index contributed by atoms with van der Waals surface area (Å²) in [5.74, 6) is 0. The summed E-state index contributed by atoms with van der Waals surface area (Å²) in [5.41, 5.74) is 0.806. The summed E-state index contributed by atoms with van der Waals surface area (Å²) >= 11 is 0. The second kappa shape index (κ2) is 4.47. The topological polar surface area (TPSA) is 39.1 Å². The third kappa shape index (κ3) is 3.04. The number of allylic oxidation sites excluding steroid dienone is 1. The normalized spacial score (nSPS) is 17.6. The zero-order valence-electron chi connectivity index (χ0n) is 9.14. The van der Waals surface area contributed by atoms with Crippen molar-refractivity contribution in [1.82, 2.24) is 10.2 Å².